The highest BCUT2D eigenvalue weighted by molar-refractivity contribution is 7.26. The van der Waals surface area contributed by atoms with E-state index in [1.165, 1.54) is 15.8 Å². The third-order valence-corrected chi connectivity index (χ3v) is 11.0. The molecule has 0 N–H and O–H groups in total. The highest BCUT2D eigenvalue weighted by Crippen LogP contribution is 2.41. The van der Waals surface area contributed by atoms with Crippen molar-refractivity contribution in [1.29, 1.82) is 0 Å². The molecule has 0 radical (unpaired) electrons. The van der Waals surface area contributed by atoms with Crippen LogP contribution in [0, 0.1) is 0 Å². The van der Waals surface area contributed by atoms with E-state index in [0.717, 1.165) is 60.2 Å². The van der Waals surface area contributed by atoms with E-state index in [-0.39, 0.29) is 0 Å². The van der Waals surface area contributed by atoms with Gasteiger partial charge < -0.3 is 0 Å². The van der Waals surface area contributed by atoms with E-state index in [9.17, 15) is 0 Å². The monoisotopic (exact) mass is 721 g/mol. The van der Waals surface area contributed by atoms with Crippen LogP contribution in [0.5, 0.6) is 0 Å². The van der Waals surface area contributed by atoms with Crippen LogP contribution in [0.15, 0.2) is 188 Å². The smallest absolute Gasteiger partial charge is 0.165 e. The fourth-order valence-corrected chi connectivity index (χ4v) is 8.18. The molecular weight excluding hydrogens is 691 g/mol. The molecule has 0 fully saturated rings. The van der Waals surface area contributed by atoms with Gasteiger partial charge in [0.25, 0.3) is 0 Å². The number of fused-ring (bicyclic) bond motifs is 3. The summed E-state index contributed by atoms with van der Waals surface area (Å²) in [6.07, 6.45) is 0. The van der Waals surface area contributed by atoms with Crippen LogP contribution in [0.1, 0.15) is 0 Å². The standard InChI is InChI=1S/C49H31N5S/c1-5-14-32(15-6-1)33-24-26-34(27-25-33)42-31-43(51-46(50-42)35-16-7-2-8-17-35)38-28-29-44-41(30-38)39-22-13-23-40(45(39)55-44)49-53-47(36-18-9-3-10-19-36)52-48(54-49)37-20-11-4-12-21-37/h1-31H. The molecule has 6 heteroatoms. The van der Waals surface area contributed by atoms with Crippen LogP contribution >= 0.6 is 11.3 Å². The van der Waals surface area contributed by atoms with Crippen molar-refractivity contribution >= 4 is 31.5 Å². The second-order valence-corrected chi connectivity index (χ2v) is 14.4. The largest absolute Gasteiger partial charge is 0.228 e. The van der Waals surface area contributed by atoms with Gasteiger partial charge in [0.2, 0.25) is 0 Å². The number of hydrogen-bond acceptors (Lipinski definition) is 6. The maximum absolute atomic E-state index is 5.14. The molecule has 10 aromatic rings. The first-order valence-corrected chi connectivity index (χ1v) is 19.0. The lowest BCUT2D eigenvalue weighted by molar-refractivity contribution is 1.08. The summed E-state index contributed by atoms with van der Waals surface area (Å²) in [6, 6.07) is 64.6. The van der Waals surface area contributed by atoms with Crippen molar-refractivity contribution in [3.63, 3.8) is 0 Å². The van der Waals surface area contributed by atoms with Gasteiger partial charge in [-0.05, 0) is 35.4 Å². The summed E-state index contributed by atoms with van der Waals surface area (Å²) in [5.41, 5.74) is 10.0. The Morgan fingerprint density at radius 3 is 1.33 bits per heavy atom. The maximum Gasteiger partial charge on any atom is 0.165 e. The Kier molecular flexibility index (Phi) is 8.28. The van der Waals surface area contributed by atoms with Gasteiger partial charge in [-0.25, -0.2) is 24.9 Å². The maximum atomic E-state index is 5.14. The molecule has 3 aromatic heterocycles. The first-order valence-electron chi connectivity index (χ1n) is 18.2. The Morgan fingerprint density at radius 2 is 0.745 bits per heavy atom. The van der Waals surface area contributed by atoms with Crippen LogP contribution in [0.25, 0.3) is 99.4 Å². The average molecular weight is 722 g/mol. The van der Waals surface area contributed by atoms with Crippen molar-refractivity contribution < 1.29 is 0 Å². The van der Waals surface area contributed by atoms with Gasteiger partial charge in [0.1, 0.15) is 0 Å². The predicted octanol–water partition coefficient (Wildman–Crippen LogP) is 12.7. The fraction of sp³-hybridized carbons (Fsp3) is 0. The lowest BCUT2D eigenvalue weighted by Gasteiger charge is -2.10. The fourth-order valence-electron chi connectivity index (χ4n) is 6.99. The Labute approximate surface area is 322 Å². The van der Waals surface area contributed by atoms with Crippen LogP contribution in [0.3, 0.4) is 0 Å². The van der Waals surface area contributed by atoms with Crippen molar-refractivity contribution in [1.82, 2.24) is 24.9 Å². The number of benzene rings is 7. The van der Waals surface area contributed by atoms with Crippen molar-refractivity contribution in [2.24, 2.45) is 0 Å². The first kappa shape index (κ1) is 32.5. The molecular formula is C49H31N5S. The summed E-state index contributed by atoms with van der Waals surface area (Å²) in [5.74, 6) is 2.63. The lowest BCUT2D eigenvalue weighted by atomic mass is 10.0. The Balaban J connectivity index is 1.10. The summed E-state index contributed by atoms with van der Waals surface area (Å²) in [7, 11) is 0. The molecule has 0 bridgehead atoms. The summed E-state index contributed by atoms with van der Waals surface area (Å²) in [4.78, 5) is 25.2. The lowest BCUT2D eigenvalue weighted by Crippen LogP contribution is -2.00. The molecule has 0 aliphatic rings. The number of thiophene rings is 1. The third-order valence-electron chi connectivity index (χ3n) is 9.78. The van der Waals surface area contributed by atoms with E-state index >= 15 is 0 Å². The van der Waals surface area contributed by atoms with Gasteiger partial charge in [-0.3, -0.25) is 0 Å². The minimum atomic E-state index is 0.647. The van der Waals surface area contributed by atoms with Gasteiger partial charge in [-0.15, -0.1) is 11.3 Å². The van der Waals surface area contributed by atoms with Gasteiger partial charge in [-0.2, -0.15) is 0 Å². The summed E-state index contributed by atoms with van der Waals surface area (Å²) >= 11 is 1.76. The van der Waals surface area contributed by atoms with E-state index < -0.39 is 0 Å². The van der Waals surface area contributed by atoms with Crippen LogP contribution in [-0.4, -0.2) is 24.9 Å². The normalized spacial score (nSPS) is 11.3. The number of nitrogens with zero attached hydrogens (tertiary/aromatic N) is 5. The SMILES string of the molecule is c1ccc(-c2ccc(-c3cc(-c4ccc5sc6c(-c7nc(-c8ccccc8)nc(-c8ccccc8)n7)cccc6c5c4)nc(-c4ccccc4)n3)cc2)cc1. The predicted molar refractivity (Wildman–Crippen MR) is 226 cm³/mol. The van der Waals surface area contributed by atoms with Crippen molar-refractivity contribution in [3.8, 4) is 79.2 Å². The molecule has 0 saturated carbocycles. The zero-order valence-corrected chi connectivity index (χ0v) is 30.4. The molecule has 7 aromatic carbocycles. The zero-order valence-electron chi connectivity index (χ0n) is 29.5. The second-order valence-electron chi connectivity index (χ2n) is 13.3. The molecule has 0 amide bonds. The average Bonchev–Trinajstić information content (AvgIpc) is 3.66. The van der Waals surface area contributed by atoms with E-state index in [4.69, 9.17) is 24.9 Å². The van der Waals surface area contributed by atoms with Crippen molar-refractivity contribution in [2.75, 3.05) is 0 Å². The van der Waals surface area contributed by atoms with Crippen LogP contribution in [-0.2, 0) is 0 Å². The highest BCUT2D eigenvalue weighted by atomic mass is 32.1. The third kappa shape index (κ3) is 6.35. The Morgan fingerprint density at radius 1 is 0.291 bits per heavy atom. The molecule has 55 heavy (non-hydrogen) atoms. The number of hydrogen-bond donors (Lipinski definition) is 0. The van der Waals surface area contributed by atoms with Crippen LogP contribution in [0.4, 0.5) is 0 Å². The topological polar surface area (TPSA) is 64.5 Å². The van der Waals surface area contributed by atoms with Gasteiger partial charge in [0, 0.05) is 53.6 Å². The quantitative estimate of drug-likeness (QED) is 0.164. The molecule has 3 heterocycles. The summed E-state index contributed by atoms with van der Waals surface area (Å²) < 4.78 is 2.31. The summed E-state index contributed by atoms with van der Waals surface area (Å²) in [5, 5.41) is 2.31. The van der Waals surface area contributed by atoms with Gasteiger partial charge in [0.05, 0.1) is 11.4 Å². The highest BCUT2D eigenvalue weighted by Gasteiger charge is 2.18. The van der Waals surface area contributed by atoms with E-state index in [1.54, 1.807) is 11.3 Å². The number of aromatic nitrogens is 5. The first-order chi connectivity index (χ1) is 27.2. The van der Waals surface area contributed by atoms with Gasteiger partial charge in [-0.1, -0.05) is 164 Å². The van der Waals surface area contributed by atoms with E-state index in [0.29, 0.717) is 23.3 Å². The minimum absolute atomic E-state index is 0.647. The van der Waals surface area contributed by atoms with E-state index in [2.05, 4.69) is 103 Å². The molecule has 10 rings (SSSR count). The van der Waals surface area contributed by atoms with E-state index in [1.807, 2.05) is 84.9 Å². The van der Waals surface area contributed by atoms with Gasteiger partial charge in [0.15, 0.2) is 23.3 Å². The van der Waals surface area contributed by atoms with Crippen LogP contribution in [0.2, 0.25) is 0 Å². The van der Waals surface area contributed by atoms with Crippen LogP contribution < -0.4 is 0 Å². The summed E-state index contributed by atoms with van der Waals surface area (Å²) in [6.45, 7) is 0. The Bertz CT molecular complexity index is 2890. The molecule has 0 aliphatic carbocycles. The van der Waals surface area contributed by atoms with Crippen molar-refractivity contribution in [3.05, 3.63) is 188 Å². The second kappa shape index (κ2) is 14.0. The molecule has 5 nitrogen and oxygen atoms in total. The van der Waals surface area contributed by atoms with Gasteiger partial charge >= 0.3 is 0 Å². The van der Waals surface area contributed by atoms with Crippen molar-refractivity contribution in [2.45, 2.75) is 0 Å². The number of rotatable bonds is 7. The molecule has 0 saturated heterocycles. The molecule has 0 aliphatic heterocycles. The minimum Gasteiger partial charge on any atom is -0.228 e. The molecule has 0 spiro atoms. The zero-order chi connectivity index (χ0) is 36.6. The molecule has 0 unspecified atom stereocenters. The Hall–Kier alpha value is -7.15. The molecule has 0 atom stereocenters. The molecule has 258 valence electrons.